The summed E-state index contributed by atoms with van der Waals surface area (Å²) in [6.07, 6.45) is 65.0. The van der Waals surface area contributed by atoms with Crippen molar-refractivity contribution in [1.82, 2.24) is 0 Å². The first-order chi connectivity index (χ1) is 47.7. The van der Waals surface area contributed by atoms with E-state index >= 15 is 0 Å². The molecule has 0 bridgehead atoms. The number of hydrogen-bond acceptors (Lipinski definition) is 15. The molecule has 0 saturated carbocycles. The highest BCUT2D eigenvalue weighted by Gasteiger charge is 2.30. The van der Waals surface area contributed by atoms with E-state index in [1.807, 2.05) is 0 Å². The van der Waals surface area contributed by atoms with Crippen molar-refractivity contribution in [3.8, 4) is 0 Å². The van der Waals surface area contributed by atoms with Gasteiger partial charge in [-0.15, -0.1) is 0 Å². The van der Waals surface area contributed by atoms with Crippen LogP contribution in [0.4, 0.5) is 0 Å². The van der Waals surface area contributed by atoms with E-state index in [-0.39, 0.29) is 25.7 Å². The maximum Gasteiger partial charge on any atom is 0.472 e. The summed E-state index contributed by atoms with van der Waals surface area (Å²) in [6, 6.07) is 0. The van der Waals surface area contributed by atoms with Gasteiger partial charge < -0.3 is 33.8 Å². The van der Waals surface area contributed by atoms with Crippen LogP contribution < -0.4 is 0 Å². The quantitative estimate of drug-likeness (QED) is 0.0222. The van der Waals surface area contributed by atoms with Gasteiger partial charge in [-0.05, 0) is 25.7 Å². The van der Waals surface area contributed by atoms with Gasteiger partial charge >= 0.3 is 39.5 Å². The van der Waals surface area contributed by atoms with E-state index in [1.54, 1.807) is 0 Å². The Labute approximate surface area is 600 Å². The molecule has 17 nitrogen and oxygen atoms in total. The predicted octanol–water partition coefficient (Wildman–Crippen LogP) is 23.8. The fourth-order valence-electron chi connectivity index (χ4n) is 12.3. The van der Waals surface area contributed by atoms with Gasteiger partial charge in [0.1, 0.15) is 19.3 Å². The van der Waals surface area contributed by atoms with Crippen LogP contribution in [0.5, 0.6) is 0 Å². The lowest BCUT2D eigenvalue weighted by Crippen LogP contribution is -2.30. The molecule has 0 saturated heterocycles. The van der Waals surface area contributed by atoms with Gasteiger partial charge in [0.2, 0.25) is 0 Å². The third kappa shape index (κ3) is 72.4. The van der Waals surface area contributed by atoms with E-state index in [2.05, 4.69) is 27.7 Å². The molecule has 0 spiro atoms. The Kier molecular flexibility index (Phi) is 71.9. The Hall–Kier alpha value is -1.94. The molecule has 3 N–H and O–H groups in total. The van der Waals surface area contributed by atoms with Gasteiger partial charge in [0.25, 0.3) is 0 Å². The SMILES string of the molecule is CCCCCCCCCCCCCCCCCCCC(=O)O[C@H](COC(=O)CCCCCCCCCCCCCCCCC)COP(=O)(O)OC[C@H](O)COP(=O)(O)OC[C@@H](COC(=O)CCCCCCCCCCCCCCC)OC(=O)CCCCCCCCCCCCCCC. The minimum atomic E-state index is -4.96. The molecular formula is C79H154O17P2. The predicted molar refractivity (Wildman–Crippen MR) is 400 cm³/mol. The van der Waals surface area contributed by atoms with E-state index in [0.717, 1.165) is 89.9 Å². The molecule has 0 amide bonds. The minimum absolute atomic E-state index is 0.109. The zero-order valence-corrected chi connectivity index (χ0v) is 65.6. The van der Waals surface area contributed by atoms with Crippen LogP contribution in [-0.4, -0.2) is 96.7 Å². The second kappa shape index (κ2) is 73.4. The summed E-state index contributed by atoms with van der Waals surface area (Å²) < 4.78 is 68.7. The summed E-state index contributed by atoms with van der Waals surface area (Å²) >= 11 is 0. The van der Waals surface area contributed by atoms with Crippen molar-refractivity contribution in [2.75, 3.05) is 39.6 Å². The smallest absolute Gasteiger partial charge is 0.462 e. The van der Waals surface area contributed by atoms with Crippen LogP contribution in [0.25, 0.3) is 0 Å². The molecule has 19 heteroatoms. The Morgan fingerprint density at radius 3 is 0.602 bits per heavy atom. The second-order valence-electron chi connectivity index (χ2n) is 28.5. The van der Waals surface area contributed by atoms with Gasteiger partial charge in [0, 0.05) is 25.7 Å². The van der Waals surface area contributed by atoms with Crippen LogP contribution in [-0.2, 0) is 65.4 Å². The van der Waals surface area contributed by atoms with E-state index in [0.29, 0.717) is 25.7 Å². The highest BCUT2D eigenvalue weighted by atomic mass is 31.2. The van der Waals surface area contributed by atoms with E-state index in [9.17, 15) is 43.2 Å². The molecule has 0 aliphatic carbocycles. The summed E-state index contributed by atoms with van der Waals surface area (Å²) in [5, 5.41) is 10.6. The minimum Gasteiger partial charge on any atom is -0.462 e. The van der Waals surface area contributed by atoms with Gasteiger partial charge in [-0.1, -0.05) is 374 Å². The first-order valence-electron chi connectivity index (χ1n) is 41.3. The van der Waals surface area contributed by atoms with E-state index in [1.165, 1.54) is 257 Å². The van der Waals surface area contributed by atoms with Crippen LogP contribution in [0.15, 0.2) is 0 Å². The molecule has 0 fully saturated rings. The maximum atomic E-state index is 13.1. The molecule has 0 radical (unpaired) electrons. The largest absolute Gasteiger partial charge is 0.472 e. The number of ether oxygens (including phenoxy) is 4. The fraction of sp³-hybridized carbons (Fsp3) is 0.949. The number of phosphoric ester groups is 2. The Bertz CT molecular complexity index is 1860. The summed E-state index contributed by atoms with van der Waals surface area (Å²) in [5.41, 5.74) is 0. The van der Waals surface area contributed by atoms with Crippen LogP contribution in [0.3, 0.4) is 0 Å². The number of carbonyl (C=O) groups is 4. The zero-order chi connectivity index (χ0) is 71.8. The van der Waals surface area contributed by atoms with Crippen LogP contribution in [0.1, 0.15) is 426 Å². The molecule has 98 heavy (non-hydrogen) atoms. The summed E-state index contributed by atoms with van der Waals surface area (Å²) in [4.78, 5) is 73.0. The van der Waals surface area contributed by atoms with Crippen molar-refractivity contribution < 1.29 is 80.2 Å². The highest BCUT2D eigenvalue weighted by Crippen LogP contribution is 2.45. The van der Waals surface area contributed by atoms with Crippen molar-refractivity contribution in [3.05, 3.63) is 0 Å². The molecule has 0 aromatic rings. The van der Waals surface area contributed by atoms with Gasteiger partial charge in [0.05, 0.1) is 26.4 Å². The molecule has 2 unspecified atom stereocenters. The fourth-order valence-corrected chi connectivity index (χ4v) is 13.9. The number of carbonyl (C=O) groups excluding carboxylic acids is 4. The van der Waals surface area contributed by atoms with Crippen molar-refractivity contribution in [1.29, 1.82) is 0 Å². The molecule has 0 aliphatic heterocycles. The number of hydrogen-bond donors (Lipinski definition) is 3. The van der Waals surface area contributed by atoms with Crippen molar-refractivity contribution in [2.45, 2.75) is 444 Å². The molecular weight excluding hydrogens is 1280 g/mol. The molecule has 582 valence electrons. The average molecular weight is 1440 g/mol. The zero-order valence-electron chi connectivity index (χ0n) is 63.8. The maximum absolute atomic E-state index is 13.1. The lowest BCUT2D eigenvalue weighted by molar-refractivity contribution is -0.161. The molecule has 0 aliphatic rings. The van der Waals surface area contributed by atoms with Crippen molar-refractivity contribution in [2.24, 2.45) is 0 Å². The molecule has 0 heterocycles. The number of rotatable bonds is 80. The van der Waals surface area contributed by atoms with Gasteiger partial charge in [-0.3, -0.25) is 37.3 Å². The third-order valence-electron chi connectivity index (χ3n) is 18.6. The monoisotopic (exact) mass is 1440 g/mol. The third-order valence-corrected chi connectivity index (χ3v) is 20.5. The van der Waals surface area contributed by atoms with Crippen LogP contribution in [0.2, 0.25) is 0 Å². The molecule has 0 aromatic carbocycles. The number of unbranched alkanes of at least 4 members (excludes halogenated alkanes) is 54. The lowest BCUT2D eigenvalue weighted by atomic mass is 10.0. The summed E-state index contributed by atoms with van der Waals surface area (Å²) in [5.74, 6) is -2.10. The molecule has 5 atom stereocenters. The van der Waals surface area contributed by atoms with Crippen LogP contribution >= 0.6 is 15.6 Å². The van der Waals surface area contributed by atoms with Crippen molar-refractivity contribution >= 4 is 39.5 Å². The standard InChI is InChI=1S/C79H154O17P2/c1-5-9-13-17-21-25-29-33-35-36-38-42-46-50-54-58-62-66-79(84)96-75(70-90-77(82)64-60-56-52-48-44-41-37-34-30-26-22-18-14-10-6-2)72-94-98(87,88)92-68-73(80)67-91-97(85,86)93-71-74(95-78(83)65-61-57-53-49-45-40-32-28-24-20-16-12-8-4)69-89-76(81)63-59-55-51-47-43-39-31-27-23-19-15-11-7-3/h73-75,80H,5-72H2,1-4H3,(H,85,86)(H,87,88)/t73-,74-,75-/m1/s1. The Balaban J connectivity index is 5.26. The average Bonchev–Trinajstić information content (AvgIpc) is 1.02. The molecule has 0 rings (SSSR count). The Morgan fingerprint density at radius 2 is 0.408 bits per heavy atom. The van der Waals surface area contributed by atoms with Gasteiger partial charge in [-0.2, -0.15) is 0 Å². The topological polar surface area (TPSA) is 237 Å². The van der Waals surface area contributed by atoms with E-state index in [4.69, 9.17) is 37.0 Å². The number of aliphatic hydroxyl groups excluding tert-OH is 1. The van der Waals surface area contributed by atoms with E-state index < -0.39 is 97.5 Å². The van der Waals surface area contributed by atoms with Gasteiger partial charge in [-0.25, -0.2) is 9.13 Å². The molecule has 0 aromatic heterocycles. The second-order valence-corrected chi connectivity index (χ2v) is 31.4. The summed E-state index contributed by atoms with van der Waals surface area (Å²) in [7, 11) is -9.91. The first kappa shape index (κ1) is 96.1. The number of phosphoric acid groups is 2. The number of aliphatic hydroxyl groups is 1. The van der Waals surface area contributed by atoms with Gasteiger partial charge in [0.15, 0.2) is 12.2 Å². The first-order valence-corrected chi connectivity index (χ1v) is 44.3. The van der Waals surface area contributed by atoms with Crippen molar-refractivity contribution in [3.63, 3.8) is 0 Å². The lowest BCUT2D eigenvalue weighted by Gasteiger charge is -2.21. The Morgan fingerprint density at radius 1 is 0.245 bits per heavy atom. The highest BCUT2D eigenvalue weighted by molar-refractivity contribution is 7.47. The normalized spacial score (nSPS) is 13.8. The summed E-state index contributed by atoms with van der Waals surface area (Å²) in [6.45, 7) is 5.03. The van der Waals surface area contributed by atoms with Crippen LogP contribution in [0, 0.1) is 0 Å². The number of esters is 4.